The largest absolute Gasteiger partial charge is 0.478 e. The molecule has 2 rings (SSSR count). The number of nitrogens with one attached hydrogen (secondary N) is 1. The lowest BCUT2D eigenvalue weighted by Gasteiger charge is -2.37. The van der Waals surface area contributed by atoms with E-state index in [9.17, 15) is 13.2 Å². The number of ether oxygens (including phenoxy) is 1. The first-order chi connectivity index (χ1) is 9.25. The van der Waals surface area contributed by atoms with Gasteiger partial charge in [-0.1, -0.05) is 13.0 Å². The molecule has 0 unspecified atom stereocenters. The van der Waals surface area contributed by atoms with Crippen LogP contribution in [0.1, 0.15) is 22.8 Å². The zero-order valence-electron chi connectivity index (χ0n) is 11.3. The van der Waals surface area contributed by atoms with Crippen LogP contribution >= 0.6 is 0 Å². The number of benzene rings is 1. The molecular weight excluding hydrogens is 282 g/mol. The van der Waals surface area contributed by atoms with Crippen LogP contribution in [0.3, 0.4) is 0 Å². The number of aromatic carboxylic acids is 1. The maximum absolute atomic E-state index is 12.3. The van der Waals surface area contributed by atoms with Crippen LogP contribution in [-0.2, 0) is 14.8 Å². The predicted octanol–water partition coefficient (Wildman–Crippen LogP) is 1.01. The van der Waals surface area contributed by atoms with Gasteiger partial charge in [0.1, 0.15) is 0 Å². The van der Waals surface area contributed by atoms with Crippen LogP contribution in [0.15, 0.2) is 23.1 Å². The SMILES string of the molecule is Cc1c(C(=O)O)cccc1S(=O)(=O)NCC1(C)COC1. The Hall–Kier alpha value is -1.44. The van der Waals surface area contributed by atoms with Crippen LogP contribution in [0.5, 0.6) is 0 Å². The first kappa shape index (κ1) is 15.0. The molecule has 0 spiro atoms. The fraction of sp³-hybridized carbons (Fsp3) is 0.462. The molecule has 7 heteroatoms. The summed E-state index contributed by atoms with van der Waals surface area (Å²) in [7, 11) is -3.73. The van der Waals surface area contributed by atoms with Crippen molar-refractivity contribution in [3.63, 3.8) is 0 Å². The van der Waals surface area contributed by atoms with E-state index in [4.69, 9.17) is 9.84 Å². The van der Waals surface area contributed by atoms with Crippen molar-refractivity contribution in [2.24, 2.45) is 5.41 Å². The lowest BCUT2D eigenvalue weighted by atomic mass is 9.89. The second-order valence-electron chi connectivity index (χ2n) is 5.36. The second kappa shape index (κ2) is 5.16. The number of hydrogen-bond donors (Lipinski definition) is 2. The number of rotatable bonds is 5. The molecule has 20 heavy (non-hydrogen) atoms. The van der Waals surface area contributed by atoms with Crippen molar-refractivity contribution in [1.82, 2.24) is 4.72 Å². The summed E-state index contributed by atoms with van der Waals surface area (Å²) in [6, 6.07) is 4.22. The smallest absolute Gasteiger partial charge is 0.335 e. The van der Waals surface area contributed by atoms with Crippen molar-refractivity contribution in [1.29, 1.82) is 0 Å². The summed E-state index contributed by atoms with van der Waals surface area (Å²) in [5, 5.41) is 9.03. The van der Waals surface area contributed by atoms with Gasteiger partial charge in [0, 0.05) is 12.0 Å². The molecule has 0 aromatic heterocycles. The van der Waals surface area contributed by atoms with Gasteiger partial charge in [0.05, 0.1) is 23.7 Å². The van der Waals surface area contributed by atoms with Gasteiger partial charge >= 0.3 is 5.97 Å². The molecule has 0 aliphatic carbocycles. The highest BCUT2D eigenvalue weighted by Gasteiger charge is 2.35. The Bertz CT molecular complexity index is 634. The fourth-order valence-electron chi connectivity index (χ4n) is 2.04. The summed E-state index contributed by atoms with van der Waals surface area (Å²) in [4.78, 5) is 11.0. The molecule has 0 atom stereocenters. The topological polar surface area (TPSA) is 92.7 Å². The Kier molecular flexibility index (Phi) is 3.86. The normalized spacial score (nSPS) is 17.5. The van der Waals surface area contributed by atoms with E-state index in [1.165, 1.54) is 25.1 Å². The van der Waals surface area contributed by atoms with E-state index >= 15 is 0 Å². The maximum atomic E-state index is 12.3. The molecule has 1 saturated heterocycles. The van der Waals surface area contributed by atoms with Crippen molar-refractivity contribution in [3.05, 3.63) is 29.3 Å². The number of carboxylic acids is 1. The van der Waals surface area contributed by atoms with Crippen LogP contribution in [0.4, 0.5) is 0 Å². The Labute approximate surface area is 117 Å². The molecule has 6 nitrogen and oxygen atoms in total. The number of sulfonamides is 1. The Morgan fingerprint density at radius 1 is 1.45 bits per heavy atom. The molecule has 0 amide bonds. The molecule has 1 heterocycles. The van der Waals surface area contributed by atoms with Crippen LogP contribution in [-0.4, -0.2) is 39.3 Å². The van der Waals surface area contributed by atoms with Crippen molar-refractivity contribution in [3.8, 4) is 0 Å². The standard InChI is InChI=1S/C13H17NO5S/c1-9-10(12(15)16)4-3-5-11(9)20(17,18)14-6-13(2)7-19-8-13/h3-5,14H,6-8H2,1-2H3,(H,15,16). The molecule has 110 valence electrons. The first-order valence-corrected chi connectivity index (χ1v) is 7.64. The summed E-state index contributed by atoms with van der Waals surface area (Å²) in [5.74, 6) is -1.14. The maximum Gasteiger partial charge on any atom is 0.335 e. The van der Waals surface area contributed by atoms with Crippen LogP contribution in [0, 0.1) is 12.3 Å². The Morgan fingerprint density at radius 3 is 2.60 bits per heavy atom. The van der Waals surface area contributed by atoms with E-state index in [1.54, 1.807) is 0 Å². The summed E-state index contributed by atoms with van der Waals surface area (Å²) >= 11 is 0. The minimum atomic E-state index is -3.73. The van der Waals surface area contributed by atoms with Gasteiger partial charge in [-0.15, -0.1) is 0 Å². The van der Waals surface area contributed by atoms with Gasteiger partial charge in [0.15, 0.2) is 0 Å². The Morgan fingerprint density at radius 2 is 2.10 bits per heavy atom. The zero-order valence-corrected chi connectivity index (χ0v) is 12.2. The van der Waals surface area contributed by atoms with E-state index in [0.29, 0.717) is 13.2 Å². The molecule has 1 fully saturated rings. The molecule has 1 aliphatic rings. The summed E-state index contributed by atoms with van der Waals surface area (Å²) in [6.45, 7) is 4.73. The highest BCUT2D eigenvalue weighted by Crippen LogP contribution is 2.26. The summed E-state index contributed by atoms with van der Waals surface area (Å²) in [6.07, 6.45) is 0. The Balaban J connectivity index is 2.25. The van der Waals surface area contributed by atoms with Gasteiger partial charge in [-0.05, 0) is 24.6 Å². The molecular formula is C13H17NO5S. The molecule has 0 saturated carbocycles. The van der Waals surface area contributed by atoms with Gasteiger partial charge < -0.3 is 9.84 Å². The average molecular weight is 299 g/mol. The van der Waals surface area contributed by atoms with Crippen LogP contribution < -0.4 is 4.72 Å². The highest BCUT2D eigenvalue weighted by molar-refractivity contribution is 7.89. The zero-order chi connectivity index (χ0) is 15.0. The van der Waals surface area contributed by atoms with E-state index in [0.717, 1.165) is 0 Å². The minimum absolute atomic E-state index is 0.00115. The van der Waals surface area contributed by atoms with Gasteiger partial charge in [0.25, 0.3) is 0 Å². The third-order valence-electron chi connectivity index (χ3n) is 3.39. The average Bonchev–Trinajstić information content (AvgIpc) is 2.34. The molecule has 2 N–H and O–H groups in total. The summed E-state index contributed by atoms with van der Waals surface area (Å²) < 4.78 is 32.1. The fourth-order valence-corrected chi connectivity index (χ4v) is 3.50. The molecule has 1 aromatic carbocycles. The number of carbonyl (C=O) groups is 1. The second-order valence-corrected chi connectivity index (χ2v) is 7.10. The highest BCUT2D eigenvalue weighted by atomic mass is 32.2. The van der Waals surface area contributed by atoms with Crippen molar-refractivity contribution >= 4 is 16.0 Å². The first-order valence-electron chi connectivity index (χ1n) is 6.15. The van der Waals surface area contributed by atoms with E-state index < -0.39 is 16.0 Å². The summed E-state index contributed by atoms with van der Waals surface area (Å²) in [5.41, 5.74) is 0.0411. The quantitative estimate of drug-likeness (QED) is 0.846. The third-order valence-corrected chi connectivity index (χ3v) is 4.94. The third kappa shape index (κ3) is 2.84. The van der Waals surface area contributed by atoms with Crippen molar-refractivity contribution < 1.29 is 23.1 Å². The van der Waals surface area contributed by atoms with Crippen molar-refractivity contribution in [2.45, 2.75) is 18.7 Å². The van der Waals surface area contributed by atoms with Crippen LogP contribution in [0.25, 0.3) is 0 Å². The van der Waals surface area contributed by atoms with Gasteiger partial charge in [-0.3, -0.25) is 0 Å². The predicted molar refractivity (Wildman–Crippen MR) is 72.3 cm³/mol. The van der Waals surface area contributed by atoms with E-state index in [2.05, 4.69) is 4.72 Å². The van der Waals surface area contributed by atoms with Gasteiger partial charge in [-0.2, -0.15) is 0 Å². The van der Waals surface area contributed by atoms with E-state index in [-0.39, 0.29) is 28.0 Å². The molecule has 1 aliphatic heterocycles. The number of carboxylic acid groups (broad SMARTS) is 1. The lowest BCUT2D eigenvalue weighted by molar-refractivity contribution is -0.0965. The van der Waals surface area contributed by atoms with E-state index in [1.807, 2.05) is 6.92 Å². The molecule has 1 aromatic rings. The molecule has 0 radical (unpaired) electrons. The van der Waals surface area contributed by atoms with Gasteiger partial charge in [-0.25, -0.2) is 17.9 Å². The van der Waals surface area contributed by atoms with Gasteiger partial charge in [0.2, 0.25) is 10.0 Å². The monoisotopic (exact) mass is 299 g/mol. The molecule has 0 bridgehead atoms. The number of hydrogen-bond acceptors (Lipinski definition) is 4. The lowest BCUT2D eigenvalue weighted by Crippen LogP contribution is -2.48. The van der Waals surface area contributed by atoms with Crippen LogP contribution in [0.2, 0.25) is 0 Å². The van der Waals surface area contributed by atoms with Crippen molar-refractivity contribution in [2.75, 3.05) is 19.8 Å². The minimum Gasteiger partial charge on any atom is -0.478 e.